The predicted octanol–water partition coefficient (Wildman–Crippen LogP) is 3.23. The lowest BCUT2D eigenvalue weighted by atomic mass is 10.2. The van der Waals surface area contributed by atoms with E-state index in [2.05, 4.69) is 21.9 Å². The summed E-state index contributed by atoms with van der Waals surface area (Å²) in [7, 11) is 1.67. The molecule has 0 spiro atoms. The monoisotopic (exact) mass is 409 g/mol. The van der Waals surface area contributed by atoms with E-state index >= 15 is 0 Å². The summed E-state index contributed by atoms with van der Waals surface area (Å²) in [6, 6.07) is 15.6. The number of hydrogen-bond acceptors (Lipinski definition) is 6. The summed E-state index contributed by atoms with van der Waals surface area (Å²) in [5, 5.41) is 0. The van der Waals surface area contributed by atoms with Crippen molar-refractivity contribution in [1.29, 1.82) is 0 Å². The van der Waals surface area contributed by atoms with E-state index in [1.165, 1.54) is 0 Å². The molecular weight excluding hydrogens is 382 g/mol. The fourth-order valence-corrected chi connectivity index (χ4v) is 3.71. The summed E-state index contributed by atoms with van der Waals surface area (Å²) in [5.41, 5.74) is 1.15. The number of ether oxygens (including phenoxy) is 1. The van der Waals surface area contributed by atoms with Crippen molar-refractivity contribution in [3.63, 3.8) is 0 Å². The van der Waals surface area contributed by atoms with Crippen LogP contribution in [0.2, 0.25) is 0 Å². The fourth-order valence-electron chi connectivity index (χ4n) is 3.71. The van der Waals surface area contributed by atoms with E-state index < -0.39 is 0 Å². The van der Waals surface area contributed by atoms with E-state index in [0.29, 0.717) is 32.7 Å². The first-order chi connectivity index (χ1) is 14.7. The third-order valence-corrected chi connectivity index (χ3v) is 5.35. The van der Waals surface area contributed by atoms with Crippen LogP contribution in [0.4, 0.5) is 5.69 Å². The maximum atomic E-state index is 13.0. The number of piperazine rings is 1. The molecule has 4 rings (SSSR count). The summed E-state index contributed by atoms with van der Waals surface area (Å²) in [4.78, 5) is 19.3. The predicted molar refractivity (Wildman–Crippen MR) is 113 cm³/mol. The zero-order chi connectivity index (χ0) is 20.8. The lowest BCUT2D eigenvalue weighted by Crippen LogP contribution is -2.51. The molecule has 1 aliphatic heterocycles. The highest BCUT2D eigenvalue weighted by Gasteiger charge is 2.24. The molecule has 0 atom stereocenters. The van der Waals surface area contributed by atoms with Crippen LogP contribution in [0.3, 0.4) is 0 Å². The molecular formula is C23H27N3O4. The number of carbonyl (C=O) groups excluding carboxylic acids is 1. The van der Waals surface area contributed by atoms with Crippen LogP contribution < -0.4 is 9.64 Å². The van der Waals surface area contributed by atoms with E-state index in [9.17, 15) is 4.79 Å². The molecule has 2 aromatic heterocycles. The summed E-state index contributed by atoms with van der Waals surface area (Å²) in [6.07, 6.45) is 3.31. The lowest BCUT2D eigenvalue weighted by Gasteiger charge is -2.37. The third-order valence-electron chi connectivity index (χ3n) is 5.35. The van der Waals surface area contributed by atoms with Gasteiger partial charge in [0.25, 0.3) is 0 Å². The second-order valence-electron chi connectivity index (χ2n) is 7.37. The highest BCUT2D eigenvalue weighted by molar-refractivity contribution is 5.78. The molecule has 30 heavy (non-hydrogen) atoms. The van der Waals surface area contributed by atoms with Crippen molar-refractivity contribution in [2.45, 2.75) is 13.1 Å². The molecule has 7 heteroatoms. The molecule has 1 amide bonds. The van der Waals surface area contributed by atoms with Gasteiger partial charge in [0.15, 0.2) is 0 Å². The summed E-state index contributed by atoms with van der Waals surface area (Å²) in [5.74, 6) is 2.64. The first-order valence-corrected chi connectivity index (χ1v) is 10.1. The maximum Gasteiger partial charge on any atom is 0.236 e. The van der Waals surface area contributed by atoms with Crippen LogP contribution >= 0.6 is 0 Å². The first-order valence-electron chi connectivity index (χ1n) is 10.1. The number of furan rings is 2. The standard InChI is InChI=1S/C23H27N3O4/c1-28-20-8-6-19(7-9-20)25-10-12-26(13-11-25)23(27)18-24(16-21-4-2-14-29-21)17-22-5-3-15-30-22/h2-9,14-15H,10-13,16-18H2,1H3. The van der Waals surface area contributed by atoms with Crippen molar-refractivity contribution in [1.82, 2.24) is 9.80 Å². The van der Waals surface area contributed by atoms with Gasteiger partial charge in [-0.1, -0.05) is 0 Å². The number of carbonyl (C=O) groups is 1. The van der Waals surface area contributed by atoms with Crippen LogP contribution in [0.25, 0.3) is 0 Å². The summed E-state index contributed by atoms with van der Waals surface area (Å²) >= 11 is 0. The second kappa shape index (κ2) is 9.54. The Hall–Kier alpha value is -3.19. The minimum atomic E-state index is 0.127. The quantitative estimate of drug-likeness (QED) is 0.569. The smallest absolute Gasteiger partial charge is 0.236 e. The van der Waals surface area contributed by atoms with Crippen molar-refractivity contribution in [2.75, 3.05) is 44.7 Å². The first kappa shape index (κ1) is 20.1. The molecule has 7 nitrogen and oxygen atoms in total. The Labute approximate surface area is 176 Å². The second-order valence-corrected chi connectivity index (χ2v) is 7.37. The molecule has 1 aliphatic rings. The Morgan fingerprint density at radius 2 is 1.53 bits per heavy atom. The number of methoxy groups -OCH3 is 1. The molecule has 0 saturated carbocycles. The minimum absolute atomic E-state index is 0.127. The molecule has 1 fully saturated rings. The Bertz CT molecular complexity index is 862. The van der Waals surface area contributed by atoms with Gasteiger partial charge in [-0.2, -0.15) is 0 Å². The van der Waals surface area contributed by atoms with Gasteiger partial charge in [-0.05, 0) is 48.5 Å². The number of amides is 1. The van der Waals surface area contributed by atoms with Gasteiger partial charge in [-0.25, -0.2) is 0 Å². The Kier molecular flexibility index (Phi) is 6.39. The van der Waals surface area contributed by atoms with Gasteiger partial charge in [0.1, 0.15) is 17.3 Å². The highest BCUT2D eigenvalue weighted by atomic mass is 16.5. The molecule has 0 unspecified atom stereocenters. The van der Waals surface area contributed by atoms with Gasteiger partial charge in [0, 0.05) is 31.9 Å². The SMILES string of the molecule is COc1ccc(N2CCN(C(=O)CN(Cc3ccco3)Cc3ccco3)CC2)cc1. The normalized spacial score (nSPS) is 14.3. The number of hydrogen-bond donors (Lipinski definition) is 0. The van der Waals surface area contributed by atoms with E-state index in [-0.39, 0.29) is 5.91 Å². The van der Waals surface area contributed by atoms with Crippen LogP contribution in [0.5, 0.6) is 5.75 Å². The molecule has 0 bridgehead atoms. The Morgan fingerprint density at radius 3 is 2.03 bits per heavy atom. The summed E-state index contributed by atoms with van der Waals surface area (Å²) in [6.45, 7) is 4.49. The van der Waals surface area contributed by atoms with Crippen LogP contribution in [0, 0.1) is 0 Å². The van der Waals surface area contributed by atoms with Gasteiger partial charge >= 0.3 is 0 Å². The van der Waals surface area contributed by atoms with Crippen molar-refractivity contribution >= 4 is 11.6 Å². The number of rotatable bonds is 8. The largest absolute Gasteiger partial charge is 0.497 e. The van der Waals surface area contributed by atoms with Crippen LogP contribution in [0.15, 0.2) is 69.9 Å². The lowest BCUT2D eigenvalue weighted by molar-refractivity contribution is -0.133. The molecule has 0 aliphatic carbocycles. The van der Waals surface area contributed by atoms with Crippen LogP contribution in [0.1, 0.15) is 11.5 Å². The van der Waals surface area contributed by atoms with Crippen molar-refractivity contribution in [2.24, 2.45) is 0 Å². The molecule has 1 aromatic carbocycles. The summed E-state index contributed by atoms with van der Waals surface area (Å²) < 4.78 is 16.2. The average molecular weight is 409 g/mol. The zero-order valence-electron chi connectivity index (χ0n) is 17.2. The van der Waals surface area contributed by atoms with Gasteiger partial charge in [-0.15, -0.1) is 0 Å². The highest BCUT2D eigenvalue weighted by Crippen LogP contribution is 2.21. The zero-order valence-corrected chi connectivity index (χ0v) is 17.2. The number of benzene rings is 1. The molecule has 1 saturated heterocycles. The van der Waals surface area contributed by atoms with Crippen molar-refractivity contribution in [3.8, 4) is 5.75 Å². The van der Waals surface area contributed by atoms with Crippen molar-refractivity contribution in [3.05, 3.63) is 72.6 Å². The van der Waals surface area contributed by atoms with Crippen LogP contribution in [-0.2, 0) is 17.9 Å². The van der Waals surface area contributed by atoms with E-state index in [0.717, 1.165) is 36.0 Å². The van der Waals surface area contributed by atoms with Gasteiger partial charge in [-0.3, -0.25) is 9.69 Å². The molecule has 0 radical (unpaired) electrons. The van der Waals surface area contributed by atoms with E-state index in [4.69, 9.17) is 13.6 Å². The maximum absolute atomic E-state index is 13.0. The Balaban J connectivity index is 1.33. The topological polar surface area (TPSA) is 62.3 Å². The van der Waals surface area contributed by atoms with E-state index in [1.54, 1.807) is 19.6 Å². The van der Waals surface area contributed by atoms with Gasteiger partial charge in [0.05, 0.1) is 39.3 Å². The molecule has 0 N–H and O–H groups in total. The molecule has 3 aromatic rings. The average Bonchev–Trinajstić information content (AvgIpc) is 3.48. The van der Waals surface area contributed by atoms with Gasteiger partial charge in [0.2, 0.25) is 5.91 Å². The number of anilines is 1. The Morgan fingerprint density at radius 1 is 0.933 bits per heavy atom. The molecule has 3 heterocycles. The molecule has 158 valence electrons. The number of nitrogens with zero attached hydrogens (tertiary/aromatic N) is 3. The minimum Gasteiger partial charge on any atom is -0.497 e. The fraction of sp³-hybridized carbons (Fsp3) is 0.348. The van der Waals surface area contributed by atoms with Gasteiger partial charge < -0.3 is 23.4 Å². The van der Waals surface area contributed by atoms with E-state index in [1.807, 2.05) is 41.3 Å². The third kappa shape index (κ3) is 5.04. The van der Waals surface area contributed by atoms with Crippen LogP contribution in [-0.4, -0.2) is 55.5 Å². The van der Waals surface area contributed by atoms with Crippen molar-refractivity contribution < 1.29 is 18.4 Å².